The number of benzene rings is 1. The normalized spacial score (nSPS) is 21.0. The maximum Gasteiger partial charge on any atom is 0.164 e. The van der Waals surface area contributed by atoms with Crippen molar-refractivity contribution >= 4 is 21.6 Å². The quantitative estimate of drug-likeness (QED) is 0.882. The molecule has 20 heavy (non-hydrogen) atoms. The predicted octanol–water partition coefficient (Wildman–Crippen LogP) is 1.11. The van der Waals surface area contributed by atoms with Crippen LogP contribution in [0.15, 0.2) is 24.3 Å². The van der Waals surface area contributed by atoms with Crippen LogP contribution in [-0.4, -0.2) is 49.5 Å². The first-order valence-corrected chi connectivity index (χ1v) is 9.90. The number of nitrogens with two attached hydrogens (primary N) is 1. The van der Waals surface area contributed by atoms with Crippen LogP contribution in [0.2, 0.25) is 0 Å². The fourth-order valence-electron chi connectivity index (χ4n) is 2.40. The molecule has 1 unspecified atom stereocenters. The van der Waals surface area contributed by atoms with Gasteiger partial charge in [-0.05, 0) is 24.1 Å². The van der Waals surface area contributed by atoms with E-state index in [0.29, 0.717) is 18.8 Å². The van der Waals surface area contributed by atoms with Crippen LogP contribution in [0.4, 0.5) is 0 Å². The summed E-state index contributed by atoms with van der Waals surface area (Å²) in [5.41, 5.74) is 7.92. The molecule has 1 aromatic rings. The fraction of sp³-hybridized carbons (Fsp3) is 0.571. The van der Waals surface area contributed by atoms with Gasteiger partial charge in [0, 0.05) is 30.9 Å². The third kappa shape index (κ3) is 4.22. The molecular formula is C14H22N2O2S2. The van der Waals surface area contributed by atoms with Gasteiger partial charge in [0.25, 0.3) is 0 Å². The Morgan fingerprint density at radius 2 is 1.95 bits per heavy atom. The first-order chi connectivity index (χ1) is 9.50. The first kappa shape index (κ1) is 15.8. The minimum absolute atomic E-state index is 0.357. The van der Waals surface area contributed by atoms with E-state index < -0.39 is 9.84 Å². The molecule has 2 N–H and O–H groups in total. The largest absolute Gasteiger partial charge is 0.330 e. The average Bonchev–Trinajstić information content (AvgIpc) is 2.41. The van der Waals surface area contributed by atoms with E-state index in [0.717, 1.165) is 24.3 Å². The molecule has 0 radical (unpaired) electrons. The first-order valence-electron chi connectivity index (χ1n) is 6.79. The van der Waals surface area contributed by atoms with Gasteiger partial charge in [-0.25, -0.2) is 8.42 Å². The molecule has 1 aliphatic heterocycles. The minimum Gasteiger partial charge on any atom is -0.330 e. The molecule has 1 fully saturated rings. The van der Waals surface area contributed by atoms with E-state index in [1.54, 1.807) is 11.8 Å². The molecule has 6 heteroatoms. The lowest BCUT2D eigenvalue weighted by molar-refractivity contribution is 0.262. The van der Waals surface area contributed by atoms with Crippen LogP contribution in [-0.2, 0) is 22.8 Å². The smallest absolute Gasteiger partial charge is 0.164 e. The second kappa shape index (κ2) is 6.93. The second-order valence-corrected chi connectivity index (χ2v) is 8.54. The Balaban J connectivity index is 2.07. The highest BCUT2D eigenvalue weighted by molar-refractivity contribution is 8.00. The van der Waals surface area contributed by atoms with E-state index in [-0.39, 0.29) is 5.37 Å². The molecule has 4 nitrogen and oxygen atoms in total. The van der Waals surface area contributed by atoms with Crippen molar-refractivity contribution in [1.29, 1.82) is 0 Å². The van der Waals surface area contributed by atoms with E-state index in [1.807, 2.05) is 0 Å². The number of nitrogens with zero attached hydrogens (tertiary/aromatic N) is 1. The van der Waals surface area contributed by atoms with Crippen LogP contribution in [0.3, 0.4) is 0 Å². The van der Waals surface area contributed by atoms with Crippen molar-refractivity contribution in [3.05, 3.63) is 35.4 Å². The maximum atomic E-state index is 11.9. The summed E-state index contributed by atoms with van der Waals surface area (Å²) in [6.07, 6.45) is 2.22. The summed E-state index contributed by atoms with van der Waals surface area (Å²) in [6.45, 7) is 2.17. The Labute approximate surface area is 125 Å². The predicted molar refractivity (Wildman–Crippen MR) is 85.6 cm³/mol. The van der Waals surface area contributed by atoms with Gasteiger partial charge >= 0.3 is 0 Å². The van der Waals surface area contributed by atoms with Gasteiger partial charge in [0.1, 0.15) is 5.37 Å². The lowest BCUT2D eigenvalue weighted by Gasteiger charge is -2.34. The molecule has 0 spiro atoms. The summed E-state index contributed by atoms with van der Waals surface area (Å²) in [4.78, 5) is 2.07. The Bertz CT molecular complexity index is 529. The molecule has 112 valence electrons. The van der Waals surface area contributed by atoms with Crippen molar-refractivity contribution < 1.29 is 8.42 Å². The average molecular weight is 314 g/mol. The highest BCUT2D eigenvalue weighted by Gasteiger charge is 2.30. The van der Waals surface area contributed by atoms with E-state index in [9.17, 15) is 8.42 Å². The zero-order valence-electron chi connectivity index (χ0n) is 11.8. The Morgan fingerprint density at radius 1 is 1.30 bits per heavy atom. The summed E-state index contributed by atoms with van der Waals surface area (Å²) in [7, 11) is -3.02. The summed E-state index contributed by atoms with van der Waals surface area (Å²) < 4.78 is 23.7. The van der Waals surface area contributed by atoms with E-state index in [4.69, 9.17) is 5.73 Å². The molecule has 2 rings (SSSR count). The molecule has 0 aromatic heterocycles. The van der Waals surface area contributed by atoms with Crippen molar-refractivity contribution in [2.75, 3.05) is 30.9 Å². The van der Waals surface area contributed by atoms with Crippen molar-refractivity contribution in [3.63, 3.8) is 0 Å². The summed E-state index contributed by atoms with van der Waals surface area (Å²) in [5, 5.41) is -0.357. The third-order valence-electron chi connectivity index (χ3n) is 3.53. The Kier molecular flexibility index (Phi) is 5.49. The SMILES string of the molecule is CS(=O)(=O)C1CSCCN1Cc1ccc(CCN)cc1. The highest BCUT2D eigenvalue weighted by atomic mass is 32.2. The van der Waals surface area contributed by atoms with Crippen molar-refractivity contribution in [1.82, 2.24) is 4.90 Å². The lowest BCUT2D eigenvalue weighted by Crippen LogP contribution is -2.46. The van der Waals surface area contributed by atoms with Crippen LogP contribution in [0, 0.1) is 0 Å². The molecule has 0 amide bonds. The van der Waals surface area contributed by atoms with Gasteiger partial charge in [-0.1, -0.05) is 24.3 Å². The highest BCUT2D eigenvalue weighted by Crippen LogP contribution is 2.22. The molecule has 0 saturated carbocycles. The van der Waals surface area contributed by atoms with Crippen molar-refractivity contribution in [2.24, 2.45) is 5.73 Å². The van der Waals surface area contributed by atoms with Gasteiger partial charge in [0.15, 0.2) is 9.84 Å². The molecule has 1 aliphatic rings. The standard InChI is InChI=1S/C14H22N2O2S2/c1-20(17,18)14-11-19-9-8-16(14)10-13-4-2-12(3-5-13)6-7-15/h2-5,14H,6-11,15H2,1H3. The van der Waals surface area contributed by atoms with E-state index >= 15 is 0 Å². The number of thioether (sulfide) groups is 1. The van der Waals surface area contributed by atoms with Gasteiger partial charge in [-0.3, -0.25) is 4.90 Å². The number of hydrogen-bond acceptors (Lipinski definition) is 5. The molecule has 1 atom stereocenters. The molecule has 1 aromatic carbocycles. The van der Waals surface area contributed by atoms with Gasteiger partial charge in [-0.2, -0.15) is 11.8 Å². The van der Waals surface area contributed by atoms with Crippen LogP contribution < -0.4 is 5.73 Å². The Morgan fingerprint density at radius 3 is 2.55 bits per heavy atom. The van der Waals surface area contributed by atoms with E-state index in [2.05, 4.69) is 29.2 Å². The van der Waals surface area contributed by atoms with Gasteiger partial charge in [0.2, 0.25) is 0 Å². The molecule has 0 bridgehead atoms. The monoisotopic (exact) mass is 314 g/mol. The van der Waals surface area contributed by atoms with Crippen LogP contribution in [0.25, 0.3) is 0 Å². The van der Waals surface area contributed by atoms with Crippen LogP contribution >= 0.6 is 11.8 Å². The number of sulfone groups is 1. The number of rotatable bonds is 5. The second-order valence-electron chi connectivity index (χ2n) is 5.18. The molecule has 0 aliphatic carbocycles. The third-order valence-corrected chi connectivity index (χ3v) is 6.21. The molecule has 1 heterocycles. The summed E-state index contributed by atoms with van der Waals surface area (Å²) in [6, 6.07) is 8.31. The van der Waals surface area contributed by atoms with Gasteiger partial charge in [-0.15, -0.1) is 0 Å². The Hall–Kier alpha value is -0.560. The minimum atomic E-state index is -3.02. The molecular weight excluding hydrogens is 292 g/mol. The topological polar surface area (TPSA) is 63.4 Å². The zero-order valence-corrected chi connectivity index (χ0v) is 13.4. The fourth-order valence-corrected chi connectivity index (χ4v) is 5.34. The lowest BCUT2D eigenvalue weighted by atomic mass is 10.1. The van der Waals surface area contributed by atoms with Crippen LogP contribution in [0.5, 0.6) is 0 Å². The van der Waals surface area contributed by atoms with Crippen molar-refractivity contribution in [3.8, 4) is 0 Å². The molecule has 1 saturated heterocycles. The maximum absolute atomic E-state index is 11.9. The zero-order chi connectivity index (χ0) is 14.6. The van der Waals surface area contributed by atoms with Gasteiger partial charge < -0.3 is 5.73 Å². The van der Waals surface area contributed by atoms with E-state index in [1.165, 1.54) is 11.8 Å². The van der Waals surface area contributed by atoms with Gasteiger partial charge in [0.05, 0.1) is 0 Å². The summed E-state index contributed by atoms with van der Waals surface area (Å²) in [5.74, 6) is 1.67. The summed E-state index contributed by atoms with van der Waals surface area (Å²) >= 11 is 1.72. The van der Waals surface area contributed by atoms with Crippen LogP contribution in [0.1, 0.15) is 11.1 Å². The number of hydrogen-bond donors (Lipinski definition) is 1. The van der Waals surface area contributed by atoms with Crippen molar-refractivity contribution in [2.45, 2.75) is 18.3 Å².